The van der Waals surface area contributed by atoms with Crippen molar-refractivity contribution in [3.63, 3.8) is 0 Å². The number of rotatable bonds is 3. The maximum absolute atomic E-state index is 6.24. The second-order valence-corrected chi connectivity index (χ2v) is 6.19. The lowest BCUT2D eigenvalue weighted by molar-refractivity contribution is 0.451. The SMILES string of the molecule is CC(C)(C)c1ccccc1Oc1c(Cl)cccc1CN. The largest absolute Gasteiger partial charge is 0.455 e. The monoisotopic (exact) mass is 289 g/mol. The first-order valence-electron chi connectivity index (χ1n) is 6.68. The zero-order valence-electron chi connectivity index (χ0n) is 12.1. The number of nitrogens with two attached hydrogens (primary N) is 1. The van der Waals surface area contributed by atoms with Crippen LogP contribution in [-0.4, -0.2) is 0 Å². The highest BCUT2D eigenvalue weighted by molar-refractivity contribution is 6.32. The van der Waals surface area contributed by atoms with Crippen molar-refractivity contribution in [2.75, 3.05) is 0 Å². The summed E-state index contributed by atoms with van der Waals surface area (Å²) < 4.78 is 6.08. The summed E-state index contributed by atoms with van der Waals surface area (Å²) in [6, 6.07) is 13.6. The van der Waals surface area contributed by atoms with Crippen LogP contribution in [0.4, 0.5) is 0 Å². The van der Waals surface area contributed by atoms with Gasteiger partial charge < -0.3 is 10.5 Å². The Hall–Kier alpha value is -1.51. The zero-order valence-corrected chi connectivity index (χ0v) is 12.9. The molecule has 0 aliphatic carbocycles. The number of para-hydroxylation sites is 2. The van der Waals surface area contributed by atoms with Crippen molar-refractivity contribution in [3.05, 3.63) is 58.6 Å². The summed E-state index contributed by atoms with van der Waals surface area (Å²) in [5.74, 6) is 1.47. The Balaban J connectivity index is 2.46. The van der Waals surface area contributed by atoms with E-state index in [2.05, 4.69) is 26.8 Å². The van der Waals surface area contributed by atoms with Gasteiger partial charge in [-0.05, 0) is 17.5 Å². The summed E-state index contributed by atoms with van der Waals surface area (Å²) in [6.45, 7) is 6.87. The quantitative estimate of drug-likeness (QED) is 0.873. The molecule has 0 atom stereocenters. The smallest absolute Gasteiger partial charge is 0.150 e. The summed E-state index contributed by atoms with van der Waals surface area (Å²) in [4.78, 5) is 0. The lowest BCUT2D eigenvalue weighted by atomic mass is 9.86. The van der Waals surface area contributed by atoms with E-state index in [1.807, 2.05) is 36.4 Å². The molecule has 20 heavy (non-hydrogen) atoms. The van der Waals surface area contributed by atoms with E-state index in [9.17, 15) is 0 Å². The molecule has 0 saturated carbocycles. The highest BCUT2D eigenvalue weighted by Crippen LogP contribution is 2.37. The third-order valence-corrected chi connectivity index (χ3v) is 3.47. The Morgan fingerprint density at radius 3 is 2.40 bits per heavy atom. The molecule has 0 bridgehead atoms. The van der Waals surface area contributed by atoms with E-state index in [1.54, 1.807) is 0 Å². The lowest BCUT2D eigenvalue weighted by Gasteiger charge is -2.23. The number of benzene rings is 2. The molecule has 0 aromatic heterocycles. The van der Waals surface area contributed by atoms with Crippen LogP contribution in [-0.2, 0) is 12.0 Å². The minimum atomic E-state index is 0.000722. The summed E-state index contributed by atoms with van der Waals surface area (Å²) in [6.07, 6.45) is 0. The summed E-state index contributed by atoms with van der Waals surface area (Å²) in [5, 5.41) is 0.580. The van der Waals surface area contributed by atoms with Gasteiger partial charge in [-0.25, -0.2) is 0 Å². The Labute approximate surface area is 125 Å². The van der Waals surface area contributed by atoms with Gasteiger partial charge in [0.15, 0.2) is 0 Å². The molecular weight excluding hydrogens is 270 g/mol. The number of hydrogen-bond donors (Lipinski definition) is 1. The Morgan fingerprint density at radius 2 is 1.75 bits per heavy atom. The highest BCUT2D eigenvalue weighted by Gasteiger charge is 2.20. The molecule has 0 amide bonds. The third-order valence-electron chi connectivity index (χ3n) is 3.18. The van der Waals surface area contributed by atoms with Crippen LogP contribution in [0.5, 0.6) is 11.5 Å². The molecule has 0 radical (unpaired) electrons. The number of ether oxygens (including phenoxy) is 1. The number of hydrogen-bond acceptors (Lipinski definition) is 2. The number of halogens is 1. The molecule has 0 spiro atoms. The third kappa shape index (κ3) is 3.14. The minimum Gasteiger partial charge on any atom is -0.455 e. The van der Waals surface area contributed by atoms with Gasteiger partial charge in [-0.1, -0.05) is 62.7 Å². The van der Waals surface area contributed by atoms with Crippen molar-refractivity contribution in [2.24, 2.45) is 5.73 Å². The first-order valence-corrected chi connectivity index (χ1v) is 7.06. The van der Waals surface area contributed by atoms with Crippen LogP contribution in [0.1, 0.15) is 31.9 Å². The predicted molar refractivity (Wildman–Crippen MR) is 84.6 cm³/mol. The summed E-state index contributed by atoms with van der Waals surface area (Å²) in [7, 11) is 0. The van der Waals surface area contributed by atoms with Gasteiger partial charge >= 0.3 is 0 Å². The summed E-state index contributed by atoms with van der Waals surface area (Å²) in [5.41, 5.74) is 7.80. The van der Waals surface area contributed by atoms with Gasteiger partial charge in [0.05, 0.1) is 5.02 Å². The molecule has 0 fully saturated rings. The normalized spacial score (nSPS) is 11.4. The second kappa shape index (κ2) is 5.86. The van der Waals surface area contributed by atoms with Gasteiger partial charge in [-0.3, -0.25) is 0 Å². The molecule has 3 heteroatoms. The van der Waals surface area contributed by atoms with E-state index in [-0.39, 0.29) is 5.41 Å². The van der Waals surface area contributed by atoms with Crippen molar-refractivity contribution in [1.29, 1.82) is 0 Å². The van der Waals surface area contributed by atoms with E-state index in [4.69, 9.17) is 22.1 Å². The van der Waals surface area contributed by atoms with Crippen LogP contribution in [0.2, 0.25) is 5.02 Å². The van der Waals surface area contributed by atoms with Crippen LogP contribution in [0.3, 0.4) is 0 Å². The second-order valence-electron chi connectivity index (χ2n) is 5.78. The molecule has 2 aromatic carbocycles. The lowest BCUT2D eigenvalue weighted by Crippen LogP contribution is -2.12. The zero-order chi connectivity index (χ0) is 14.8. The predicted octanol–water partition coefficient (Wildman–Crippen LogP) is 4.89. The summed E-state index contributed by atoms with van der Waals surface area (Å²) >= 11 is 6.24. The standard InChI is InChI=1S/C17H20ClNO/c1-17(2,3)13-8-4-5-10-15(13)20-16-12(11-19)7-6-9-14(16)18/h4-10H,11,19H2,1-3H3. The van der Waals surface area contributed by atoms with Gasteiger partial charge in [0.2, 0.25) is 0 Å². The first-order chi connectivity index (χ1) is 9.43. The van der Waals surface area contributed by atoms with Crippen LogP contribution >= 0.6 is 11.6 Å². The topological polar surface area (TPSA) is 35.2 Å². The van der Waals surface area contributed by atoms with Crippen LogP contribution < -0.4 is 10.5 Å². The van der Waals surface area contributed by atoms with Crippen molar-refractivity contribution >= 4 is 11.6 Å². The van der Waals surface area contributed by atoms with E-state index in [0.717, 1.165) is 16.9 Å². The molecular formula is C17H20ClNO. The van der Waals surface area contributed by atoms with Crippen molar-refractivity contribution < 1.29 is 4.74 Å². The maximum Gasteiger partial charge on any atom is 0.150 e. The van der Waals surface area contributed by atoms with E-state index in [0.29, 0.717) is 17.3 Å². The van der Waals surface area contributed by atoms with Crippen molar-refractivity contribution in [1.82, 2.24) is 0 Å². The van der Waals surface area contributed by atoms with E-state index >= 15 is 0 Å². The van der Waals surface area contributed by atoms with Gasteiger partial charge in [-0.2, -0.15) is 0 Å². The van der Waals surface area contributed by atoms with Crippen molar-refractivity contribution in [3.8, 4) is 11.5 Å². The fourth-order valence-electron chi connectivity index (χ4n) is 2.11. The minimum absolute atomic E-state index is 0.000722. The Bertz CT molecular complexity index is 602. The molecule has 0 aliphatic heterocycles. The molecule has 2 nitrogen and oxygen atoms in total. The van der Waals surface area contributed by atoms with Crippen LogP contribution in [0.25, 0.3) is 0 Å². The van der Waals surface area contributed by atoms with Crippen LogP contribution in [0, 0.1) is 0 Å². The Morgan fingerprint density at radius 1 is 1.05 bits per heavy atom. The van der Waals surface area contributed by atoms with Gasteiger partial charge in [-0.15, -0.1) is 0 Å². The molecule has 2 aromatic rings. The fourth-order valence-corrected chi connectivity index (χ4v) is 2.35. The molecule has 0 saturated heterocycles. The average Bonchev–Trinajstić information content (AvgIpc) is 2.40. The molecule has 106 valence electrons. The molecule has 0 aliphatic rings. The average molecular weight is 290 g/mol. The van der Waals surface area contributed by atoms with Gasteiger partial charge in [0.1, 0.15) is 11.5 Å². The van der Waals surface area contributed by atoms with E-state index < -0.39 is 0 Å². The van der Waals surface area contributed by atoms with Gasteiger partial charge in [0.25, 0.3) is 0 Å². The molecule has 0 unspecified atom stereocenters. The fraction of sp³-hybridized carbons (Fsp3) is 0.294. The molecule has 2 N–H and O–H groups in total. The highest BCUT2D eigenvalue weighted by atomic mass is 35.5. The van der Waals surface area contributed by atoms with Crippen LogP contribution in [0.15, 0.2) is 42.5 Å². The maximum atomic E-state index is 6.24. The van der Waals surface area contributed by atoms with E-state index in [1.165, 1.54) is 0 Å². The Kier molecular flexibility index (Phi) is 4.36. The first kappa shape index (κ1) is 14.9. The molecule has 0 heterocycles. The molecule has 2 rings (SSSR count). The van der Waals surface area contributed by atoms with Crippen molar-refractivity contribution in [2.45, 2.75) is 32.7 Å². The van der Waals surface area contributed by atoms with Gasteiger partial charge in [0, 0.05) is 17.7 Å².